The molecule has 0 radical (unpaired) electrons. The van der Waals surface area contributed by atoms with Crippen LogP contribution < -0.4 is 10.7 Å². The summed E-state index contributed by atoms with van der Waals surface area (Å²) in [5.74, 6) is 0. The lowest BCUT2D eigenvalue weighted by molar-refractivity contribution is 1.05. The van der Waals surface area contributed by atoms with Crippen LogP contribution in [0.3, 0.4) is 0 Å². The Bertz CT molecular complexity index is 871. The molecule has 0 amide bonds. The number of fused-ring (bicyclic) bond motifs is 1. The average Bonchev–Trinajstić information content (AvgIpc) is 2.57. The van der Waals surface area contributed by atoms with Crippen molar-refractivity contribution in [3.63, 3.8) is 0 Å². The summed E-state index contributed by atoms with van der Waals surface area (Å²) in [6.45, 7) is 2.03. The van der Waals surface area contributed by atoms with Crippen molar-refractivity contribution in [2.45, 2.75) is 6.92 Å². The van der Waals surface area contributed by atoms with Gasteiger partial charge >= 0.3 is 0 Å². The number of nitrogens with zero attached hydrogens (tertiary/aromatic N) is 1. The van der Waals surface area contributed by atoms with Crippen molar-refractivity contribution in [2.24, 2.45) is 5.10 Å². The van der Waals surface area contributed by atoms with Gasteiger partial charge in [0.25, 0.3) is 0 Å². The molecule has 0 spiro atoms. The molecular weight excluding hydrogens is 302 g/mol. The third kappa shape index (κ3) is 3.93. The van der Waals surface area contributed by atoms with Crippen LogP contribution in [0.25, 0.3) is 10.8 Å². The van der Waals surface area contributed by atoms with Gasteiger partial charge in [0.2, 0.25) is 0 Å². The summed E-state index contributed by atoms with van der Waals surface area (Å²) >= 11 is 5.25. The molecule has 0 aliphatic carbocycles. The van der Waals surface area contributed by atoms with Crippen molar-refractivity contribution in [3.05, 3.63) is 77.9 Å². The van der Waals surface area contributed by atoms with Crippen LogP contribution in [-0.4, -0.2) is 11.3 Å². The molecule has 0 aliphatic rings. The van der Waals surface area contributed by atoms with Crippen molar-refractivity contribution < 1.29 is 0 Å². The van der Waals surface area contributed by atoms with Crippen molar-refractivity contribution in [3.8, 4) is 0 Å². The van der Waals surface area contributed by atoms with Crippen LogP contribution in [0.5, 0.6) is 0 Å². The minimum atomic E-state index is 0.469. The lowest BCUT2D eigenvalue weighted by Crippen LogP contribution is -2.24. The number of nitrogens with one attached hydrogen (secondary N) is 2. The minimum Gasteiger partial charge on any atom is -0.331 e. The number of thiocarbonyl (C=S) groups is 1. The van der Waals surface area contributed by atoms with E-state index in [1.807, 2.05) is 49.4 Å². The molecule has 3 aromatic rings. The number of anilines is 1. The fraction of sp³-hybridized carbons (Fsp3) is 0.0526. The smallest absolute Gasteiger partial charge is 0.191 e. The monoisotopic (exact) mass is 319 g/mol. The lowest BCUT2D eigenvalue weighted by Gasteiger charge is -2.09. The molecule has 0 unspecified atom stereocenters. The number of rotatable bonds is 3. The molecule has 0 saturated carbocycles. The van der Waals surface area contributed by atoms with E-state index in [0.29, 0.717) is 5.11 Å². The Morgan fingerprint density at radius 1 is 0.957 bits per heavy atom. The molecule has 3 nitrogen and oxygen atoms in total. The summed E-state index contributed by atoms with van der Waals surface area (Å²) in [5.41, 5.74) is 5.98. The molecule has 2 N–H and O–H groups in total. The molecule has 4 heteroatoms. The Morgan fingerprint density at radius 3 is 2.52 bits per heavy atom. The standard InChI is InChI=1S/C19H17N3S/c1-14-6-2-5-9-18(14)21-19(23)22-20-13-15-10-11-16-7-3-4-8-17(16)12-15/h2-13H,1H3,(H2,21,22,23)/b20-13-. The summed E-state index contributed by atoms with van der Waals surface area (Å²) in [7, 11) is 0. The Balaban J connectivity index is 1.63. The van der Waals surface area contributed by atoms with Gasteiger partial charge in [0.1, 0.15) is 0 Å². The van der Waals surface area contributed by atoms with E-state index in [1.165, 1.54) is 10.8 Å². The van der Waals surface area contributed by atoms with Crippen LogP contribution in [-0.2, 0) is 0 Å². The second kappa shape index (κ2) is 7.03. The molecule has 0 atom stereocenters. The van der Waals surface area contributed by atoms with Crippen LogP contribution in [0.1, 0.15) is 11.1 Å². The molecule has 23 heavy (non-hydrogen) atoms. The fourth-order valence-electron chi connectivity index (χ4n) is 2.32. The van der Waals surface area contributed by atoms with Gasteiger partial charge in [-0.25, -0.2) is 0 Å². The Kier molecular flexibility index (Phi) is 4.64. The normalized spacial score (nSPS) is 10.8. The van der Waals surface area contributed by atoms with E-state index in [0.717, 1.165) is 16.8 Å². The quantitative estimate of drug-likeness (QED) is 0.425. The topological polar surface area (TPSA) is 36.4 Å². The van der Waals surface area contributed by atoms with Crippen LogP contribution in [0.4, 0.5) is 5.69 Å². The maximum Gasteiger partial charge on any atom is 0.191 e. The second-order valence-corrected chi connectivity index (χ2v) is 5.65. The van der Waals surface area contributed by atoms with Crippen molar-refractivity contribution >= 4 is 40.0 Å². The predicted octanol–water partition coefficient (Wildman–Crippen LogP) is 4.47. The van der Waals surface area contributed by atoms with Crippen molar-refractivity contribution in [1.82, 2.24) is 5.43 Å². The van der Waals surface area contributed by atoms with E-state index < -0.39 is 0 Å². The first kappa shape index (κ1) is 15.2. The summed E-state index contributed by atoms with van der Waals surface area (Å²) < 4.78 is 0. The van der Waals surface area contributed by atoms with E-state index in [9.17, 15) is 0 Å². The highest BCUT2D eigenvalue weighted by Crippen LogP contribution is 2.14. The van der Waals surface area contributed by atoms with Crippen LogP contribution in [0.2, 0.25) is 0 Å². The van der Waals surface area contributed by atoms with Gasteiger partial charge in [0, 0.05) is 5.69 Å². The molecule has 0 saturated heterocycles. The molecule has 0 aromatic heterocycles. The Hall–Kier alpha value is -2.72. The van der Waals surface area contributed by atoms with Gasteiger partial charge in [0.15, 0.2) is 5.11 Å². The van der Waals surface area contributed by atoms with Gasteiger partial charge in [-0.15, -0.1) is 0 Å². The molecular formula is C19H17N3S. The maximum atomic E-state index is 5.25. The number of hydrogen-bond acceptors (Lipinski definition) is 2. The first-order valence-electron chi connectivity index (χ1n) is 7.37. The molecule has 114 valence electrons. The zero-order valence-electron chi connectivity index (χ0n) is 12.8. The number of hydrogen-bond donors (Lipinski definition) is 2. The third-order valence-electron chi connectivity index (χ3n) is 3.55. The lowest BCUT2D eigenvalue weighted by atomic mass is 10.1. The third-order valence-corrected chi connectivity index (χ3v) is 3.74. The maximum absolute atomic E-state index is 5.25. The highest BCUT2D eigenvalue weighted by molar-refractivity contribution is 7.80. The van der Waals surface area contributed by atoms with E-state index >= 15 is 0 Å². The van der Waals surface area contributed by atoms with E-state index in [4.69, 9.17) is 12.2 Å². The number of benzene rings is 3. The van der Waals surface area contributed by atoms with Gasteiger partial charge in [-0.05, 0) is 53.2 Å². The van der Waals surface area contributed by atoms with Crippen LogP contribution >= 0.6 is 12.2 Å². The van der Waals surface area contributed by atoms with Gasteiger partial charge in [-0.2, -0.15) is 5.10 Å². The fourth-order valence-corrected chi connectivity index (χ4v) is 2.48. The molecule has 3 aromatic carbocycles. The summed E-state index contributed by atoms with van der Waals surface area (Å²) in [4.78, 5) is 0. The Morgan fingerprint density at radius 2 is 1.70 bits per heavy atom. The van der Waals surface area contributed by atoms with Gasteiger partial charge in [-0.3, -0.25) is 5.43 Å². The number of para-hydroxylation sites is 1. The number of hydrazone groups is 1. The largest absolute Gasteiger partial charge is 0.331 e. The molecule has 0 bridgehead atoms. The van der Waals surface area contributed by atoms with E-state index in [-0.39, 0.29) is 0 Å². The van der Waals surface area contributed by atoms with Gasteiger partial charge < -0.3 is 5.32 Å². The number of aryl methyl sites for hydroxylation is 1. The van der Waals surface area contributed by atoms with Gasteiger partial charge in [-0.1, -0.05) is 54.6 Å². The summed E-state index contributed by atoms with van der Waals surface area (Å²) in [6.07, 6.45) is 1.76. The van der Waals surface area contributed by atoms with E-state index in [2.05, 4.69) is 40.1 Å². The minimum absolute atomic E-state index is 0.469. The molecule has 0 aliphatic heterocycles. The molecule has 0 heterocycles. The SMILES string of the molecule is Cc1ccccc1NC(=S)N/N=C\c1ccc2ccccc2c1. The van der Waals surface area contributed by atoms with Crippen LogP contribution in [0, 0.1) is 6.92 Å². The first-order chi connectivity index (χ1) is 11.2. The van der Waals surface area contributed by atoms with Crippen molar-refractivity contribution in [1.29, 1.82) is 0 Å². The second-order valence-electron chi connectivity index (χ2n) is 5.25. The van der Waals surface area contributed by atoms with Gasteiger partial charge in [0.05, 0.1) is 6.21 Å². The highest BCUT2D eigenvalue weighted by atomic mass is 32.1. The highest BCUT2D eigenvalue weighted by Gasteiger charge is 1.99. The predicted molar refractivity (Wildman–Crippen MR) is 102 cm³/mol. The molecule has 3 rings (SSSR count). The van der Waals surface area contributed by atoms with Crippen LogP contribution in [0.15, 0.2) is 71.8 Å². The zero-order valence-corrected chi connectivity index (χ0v) is 13.6. The zero-order chi connectivity index (χ0) is 16.1. The first-order valence-corrected chi connectivity index (χ1v) is 7.78. The summed E-state index contributed by atoms with van der Waals surface area (Å²) in [5, 5.41) is 10.2. The van der Waals surface area contributed by atoms with E-state index in [1.54, 1.807) is 6.21 Å². The Labute approximate surface area is 141 Å². The summed E-state index contributed by atoms with van der Waals surface area (Å²) in [6, 6.07) is 22.4. The molecule has 0 fully saturated rings. The van der Waals surface area contributed by atoms with Crippen molar-refractivity contribution in [2.75, 3.05) is 5.32 Å². The average molecular weight is 319 g/mol.